The van der Waals surface area contributed by atoms with Crippen molar-refractivity contribution < 1.29 is 14.3 Å². The molecule has 0 atom stereocenters. The monoisotopic (exact) mass is 396 g/mol. The number of benzene rings is 1. The number of ether oxygens (including phenoxy) is 1. The number of hydrogen-bond donors (Lipinski definition) is 1. The largest absolute Gasteiger partial charge is 0.452 e. The van der Waals surface area contributed by atoms with Crippen molar-refractivity contribution in [3.05, 3.63) is 52.7 Å². The molecular formula is C20H20N4O3S. The van der Waals surface area contributed by atoms with Crippen LogP contribution in [0.5, 0.6) is 0 Å². The van der Waals surface area contributed by atoms with Crippen LogP contribution in [0.1, 0.15) is 28.5 Å². The molecule has 3 aromatic rings. The van der Waals surface area contributed by atoms with Crippen molar-refractivity contribution in [2.45, 2.75) is 19.9 Å². The number of carbonyl (C=O) groups is 2. The van der Waals surface area contributed by atoms with Crippen molar-refractivity contribution in [1.29, 1.82) is 0 Å². The number of carbonyl (C=O) groups excluding carboxylic acids is 2. The van der Waals surface area contributed by atoms with Crippen LogP contribution < -0.4 is 5.32 Å². The van der Waals surface area contributed by atoms with E-state index in [1.807, 2.05) is 24.3 Å². The summed E-state index contributed by atoms with van der Waals surface area (Å²) in [5.41, 5.74) is 3.12. The summed E-state index contributed by atoms with van der Waals surface area (Å²) in [5, 5.41) is 5.61. The highest BCUT2D eigenvalue weighted by Crippen LogP contribution is 2.28. The third-order valence-corrected chi connectivity index (χ3v) is 5.48. The first kappa shape index (κ1) is 18.5. The summed E-state index contributed by atoms with van der Waals surface area (Å²) in [6, 6.07) is 7.55. The van der Waals surface area contributed by atoms with Crippen LogP contribution in [0.25, 0.3) is 10.9 Å². The normalized spacial score (nSPS) is 13.9. The van der Waals surface area contributed by atoms with Crippen LogP contribution in [0, 0.1) is 0 Å². The first-order valence-electron chi connectivity index (χ1n) is 9.15. The number of pyridine rings is 1. The van der Waals surface area contributed by atoms with Crippen molar-refractivity contribution in [2.24, 2.45) is 0 Å². The number of likely N-dealkylation sites (N-methyl/N-ethyl adjacent to an activating group) is 1. The molecule has 8 heteroatoms. The lowest BCUT2D eigenvalue weighted by Crippen LogP contribution is -2.32. The van der Waals surface area contributed by atoms with Gasteiger partial charge in [0.1, 0.15) is 0 Å². The molecular weight excluding hydrogens is 376 g/mol. The Balaban J connectivity index is 1.61. The second-order valence-electron chi connectivity index (χ2n) is 6.51. The van der Waals surface area contributed by atoms with Crippen molar-refractivity contribution in [3.63, 3.8) is 0 Å². The van der Waals surface area contributed by atoms with E-state index in [9.17, 15) is 9.59 Å². The molecule has 1 aromatic carbocycles. The van der Waals surface area contributed by atoms with Crippen molar-refractivity contribution >= 4 is 39.2 Å². The molecule has 0 fully saturated rings. The minimum absolute atomic E-state index is 0.360. The summed E-state index contributed by atoms with van der Waals surface area (Å²) >= 11 is 1.31. The highest BCUT2D eigenvalue weighted by molar-refractivity contribution is 7.13. The predicted molar refractivity (Wildman–Crippen MR) is 107 cm³/mol. The van der Waals surface area contributed by atoms with Gasteiger partial charge < -0.3 is 4.74 Å². The van der Waals surface area contributed by atoms with Gasteiger partial charge in [0, 0.05) is 47.7 Å². The number of thiazole rings is 1. The summed E-state index contributed by atoms with van der Waals surface area (Å²) < 4.78 is 5.36. The van der Waals surface area contributed by atoms with E-state index < -0.39 is 11.9 Å². The maximum atomic E-state index is 13.0. The van der Waals surface area contributed by atoms with Gasteiger partial charge in [0.25, 0.3) is 5.91 Å². The van der Waals surface area contributed by atoms with Gasteiger partial charge in [-0.15, -0.1) is 11.3 Å². The Morgan fingerprint density at radius 3 is 2.96 bits per heavy atom. The minimum atomic E-state index is -0.498. The summed E-state index contributed by atoms with van der Waals surface area (Å²) in [6.45, 7) is 4.21. The van der Waals surface area contributed by atoms with Crippen LogP contribution in [0.2, 0.25) is 0 Å². The molecule has 1 aliphatic heterocycles. The molecule has 28 heavy (non-hydrogen) atoms. The lowest BCUT2D eigenvalue weighted by Gasteiger charge is -2.28. The Kier molecular flexibility index (Phi) is 5.31. The molecule has 0 unspecified atom stereocenters. The third kappa shape index (κ3) is 3.74. The Bertz CT molecular complexity index is 1020. The van der Waals surface area contributed by atoms with E-state index in [0.29, 0.717) is 17.2 Å². The van der Waals surface area contributed by atoms with E-state index in [0.717, 1.165) is 41.7 Å². The summed E-state index contributed by atoms with van der Waals surface area (Å²) in [4.78, 5) is 36.0. The number of fused-ring (bicyclic) bond motifs is 2. The highest BCUT2D eigenvalue weighted by atomic mass is 32.1. The lowest BCUT2D eigenvalue weighted by molar-refractivity contribution is -0.119. The number of nitrogens with zero attached hydrogens (tertiary/aromatic N) is 3. The molecule has 4 rings (SSSR count). The fourth-order valence-corrected chi connectivity index (χ4v) is 3.94. The second kappa shape index (κ2) is 8.04. The van der Waals surface area contributed by atoms with Crippen molar-refractivity contribution in [1.82, 2.24) is 14.9 Å². The predicted octanol–water partition coefficient (Wildman–Crippen LogP) is 2.86. The number of amides is 1. The molecule has 7 nitrogen and oxygen atoms in total. The fraction of sp³-hybridized carbons (Fsp3) is 0.300. The van der Waals surface area contributed by atoms with Crippen molar-refractivity contribution in [3.8, 4) is 0 Å². The number of anilines is 1. The van der Waals surface area contributed by atoms with Crippen molar-refractivity contribution in [2.75, 3.05) is 25.0 Å². The minimum Gasteiger partial charge on any atom is -0.452 e. The van der Waals surface area contributed by atoms with E-state index in [2.05, 4.69) is 22.1 Å². The Morgan fingerprint density at radius 2 is 2.18 bits per heavy atom. The van der Waals surface area contributed by atoms with Gasteiger partial charge in [-0.1, -0.05) is 25.1 Å². The summed E-state index contributed by atoms with van der Waals surface area (Å²) in [6.07, 6.45) is 2.39. The molecule has 0 aliphatic carbocycles. The Hall–Kier alpha value is -2.84. The number of esters is 1. The van der Waals surface area contributed by atoms with Crippen LogP contribution in [0.15, 0.2) is 35.8 Å². The fourth-order valence-electron chi connectivity index (χ4n) is 3.39. The molecule has 0 saturated heterocycles. The van der Waals surface area contributed by atoms with Gasteiger partial charge in [0.15, 0.2) is 11.7 Å². The quantitative estimate of drug-likeness (QED) is 0.668. The molecule has 0 spiro atoms. The Morgan fingerprint density at radius 1 is 1.32 bits per heavy atom. The van der Waals surface area contributed by atoms with E-state index in [1.54, 1.807) is 11.6 Å². The average molecular weight is 396 g/mol. The number of aromatic nitrogens is 2. The molecule has 0 bridgehead atoms. The van der Waals surface area contributed by atoms with E-state index in [4.69, 9.17) is 9.72 Å². The van der Waals surface area contributed by atoms with Crippen LogP contribution in [0.4, 0.5) is 5.13 Å². The van der Waals surface area contributed by atoms with Crippen LogP contribution in [0.3, 0.4) is 0 Å². The first-order chi connectivity index (χ1) is 13.7. The van der Waals surface area contributed by atoms with Crippen LogP contribution in [-0.2, 0) is 22.5 Å². The number of para-hydroxylation sites is 1. The molecule has 1 aliphatic rings. The second-order valence-corrected chi connectivity index (χ2v) is 7.40. The zero-order valence-electron chi connectivity index (χ0n) is 15.5. The highest BCUT2D eigenvalue weighted by Gasteiger charge is 2.26. The smallest absolute Gasteiger partial charge is 0.339 e. The summed E-state index contributed by atoms with van der Waals surface area (Å²) in [5.74, 6) is -0.909. The number of rotatable bonds is 5. The molecule has 2 aromatic heterocycles. The molecule has 0 saturated carbocycles. The van der Waals surface area contributed by atoms with Crippen LogP contribution >= 0.6 is 11.3 Å². The van der Waals surface area contributed by atoms with E-state index in [-0.39, 0.29) is 6.61 Å². The zero-order valence-corrected chi connectivity index (χ0v) is 16.3. The van der Waals surface area contributed by atoms with Gasteiger partial charge in [0.05, 0.1) is 11.1 Å². The molecule has 144 valence electrons. The maximum absolute atomic E-state index is 13.0. The van der Waals surface area contributed by atoms with Gasteiger partial charge in [-0.05, 0) is 12.6 Å². The van der Waals surface area contributed by atoms with Gasteiger partial charge in [-0.25, -0.2) is 9.78 Å². The van der Waals surface area contributed by atoms with Gasteiger partial charge in [0.2, 0.25) is 0 Å². The van der Waals surface area contributed by atoms with Gasteiger partial charge in [-0.3, -0.25) is 20.0 Å². The standard InChI is InChI=1S/C20H20N4O3S/c1-2-24-9-7-16-14(11-24)18(13-5-3-4-6-15(13)22-16)19(26)27-12-17(25)23-20-21-8-10-28-20/h3-6,8,10H,2,7,9,11-12H2,1H3,(H,21,23,25). The van der Waals surface area contributed by atoms with E-state index >= 15 is 0 Å². The first-order valence-corrected chi connectivity index (χ1v) is 10.0. The van der Waals surface area contributed by atoms with E-state index in [1.165, 1.54) is 11.3 Å². The maximum Gasteiger partial charge on any atom is 0.339 e. The van der Waals surface area contributed by atoms with Crippen LogP contribution in [-0.4, -0.2) is 46.4 Å². The number of hydrogen-bond acceptors (Lipinski definition) is 7. The zero-order chi connectivity index (χ0) is 19.5. The number of nitrogens with one attached hydrogen (secondary N) is 1. The SMILES string of the molecule is CCN1CCc2nc3ccccc3c(C(=O)OCC(=O)Nc3nccs3)c2C1. The molecule has 1 N–H and O–H groups in total. The average Bonchev–Trinajstić information content (AvgIpc) is 3.22. The molecule has 1 amide bonds. The topological polar surface area (TPSA) is 84.4 Å². The summed E-state index contributed by atoms with van der Waals surface area (Å²) in [7, 11) is 0. The van der Waals surface area contributed by atoms with Gasteiger partial charge in [-0.2, -0.15) is 0 Å². The molecule has 0 radical (unpaired) electrons. The molecule has 3 heterocycles. The Labute approximate surface area is 166 Å². The van der Waals surface area contributed by atoms with Gasteiger partial charge >= 0.3 is 5.97 Å². The lowest BCUT2D eigenvalue weighted by atomic mass is 9.96. The third-order valence-electron chi connectivity index (χ3n) is 4.79.